The summed E-state index contributed by atoms with van der Waals surface area (Å²) in [6, 6.07) is 9.01. The SMILES string of the molecule is Cc1c(F)cc(C=N)c(Nc2ccc(N3CC4(CCC4)C3)cc2)c1F. The van der Waals surface area contributed by atoms with Crippen molar-refractivity contribution < 1.29 is 8.78 Å². The van der Waals surface area contributed by atoms with Crippen LogP contribution in [0, 0.1) is 29.4 Å². The zero-order valence-electron chi connectivity index (χ0n) is 14.2. The summed E-state index contributed by atoms with van der Waals surface area (Å²) in [6.45, 7) is 3.65. The number of hydrogen-bond donors (Lipinski definition) is 2. The topological polar surface area (TPSA) is 39.1 Å². The van der Waals surface area contributed by atoms with Gasteiger partial charge in [0, 0.05) is 47.2 Å². The fourth-order valence-corrected chi connectivity index (χ4v) is 3.82. The van der Waals surface area contributed by atoms with Crippen LogP contribution in [-0.2, 0) is 0 Å². The van der Waals surface area contributed by atoms with E-state index in [4.69, 9.17) is 5.41 Å². The van der Waals surface area contributed by atoms with Crippen LogP contribution in [0.1, 0.15) is 30.4 Å². The molecule has 1 heterocycles. The van der Waals surface area contributed by atoms with Gasteiger partial charge in [0.05, 0.1) is 5.69 Å². The summed E-state index contributed by atoms with van der Waals surface area (Å²) in [5, 5.41) is 10.4. The summed E-state index contributed by atoms with van der Waals surface area (Å²) in [7, 11) is 0. The van der Waals surface area contributed by atoms with Crippen molar-refractivity contribution in [2.75, 3.05) is 23.3 Å². The van der Waals surface area contributed by atoms with Gasteiger partial charge in [0.2, 0.25) is 0 Å². The number of hydrogen-bond acceptors (Lipinski definition) is 3. The maximum Gasteiger partial charge on any atom is 0.153 e. The highest BCUT2D eigenvalue weighted by atomic mass is 19.1. The van der Waals surface area contributed by atoms with Gasteiger partial charge in [-0.2, -0.15) is 0 Å². The van der Waals surface area contributed by atoms with Crippen molar-refractivity contribution in [3.05, 3.63) is 53.1 Å². The average molecular weight is 341 g/mol. The van der Waals surface area contributed by atoms with Crippen molar-refractivity contribution in [3.63, 3.8) is 0 Å². The van der Waals surface area contributed by atoms with Gasteiger partial charge in [0.15, 0.2) is 5.82 Å². The van der Waals surface area contributed by atoms with Crippen LogP contribution in [0.15, 0.2) is 30.3 Å². The Balaban J connectivity index is 1.52. The Morgan fingerprint density at radius 1 is 1.16 bits per heavy atom. The molecule has 0 unspecified atom stereocenters. The molecule has 5 heteroatoms. The first-order valence-electron chi connectivity index (χ1n) is 8.62. The summed E-state index contributed by atoms with van der Waals surface area (Å²) in [4.78, 5) is 2.37. The van der Waals surface area contributed by atoms with E-state index in [9.17, 15) is 8.78 Å². The van der Waals surface area contributed by atoms with Crippen molar-refractivity contribution in [1.82, 2.24) is 0 Å². The third-order valence-corrected chi connectivity index (χ3v) is 5.60. The third kappa shape index (κ3) is 2.68. The lowest BCUT2D eigenvalue weighted by atomic mass is 9.63. The fraction of sp³-hybridized carbons (Fsp3) is 0.350. The first-order valence-corrected chi connectivity index (χ1v) is 8.62. The number of halogens is 2. The average Bonchev–Trinajstić information content (AvgIpc) is 2.54. The van der Waals surface area contributed by atoms with E-state index in [0.717, 1.165) is 25.0 Å². The Morgan fingerprint density at radius 3 is 2.40 bits per heavy atom. The van der Waals surface area contributed by atoms with Crippen LogP contribution >= 0.6 is 0 Å². The van der Waals surface area contributed by atoms with Gasteiger partial charge < -0.3 is 15.6 Å². The lowest BCUT2D eigenvalue weighted by Crippen LogP contribution is -2.59. The van der Waals surface area contributed by atoms with Crippen LogP contribution in [0.2, 0.25) is 0 Å². The zero-order chi connectivity index (χ0) is 17.6. The van der Waals surface area contributed by atoms with Crippen molar-refractivity contribution in [2.24, 2.45) is 5.41 Å². The number of nitrogens with one attached hydrogen (secondary N) is 2. The molecule has 1 aliphatic heterocycles. The van der Waals surface area contributed by atoms with Gasteiger partial charge in [0.1, 0.15) is 5.82 Å². The molecule has 1 aliphatic carbocycles. The Hall–Kier alpha value is -2.43. The van der Waals surface area contributed by atoms with Gasteiger partial charge in [-0.1, -0.05) is 6.42 Å². The number of benzene rings is 2. The molecule has 2 aliphatic rings. The summed E-state index contributed by atoms with van der Waals surface area (Å²) in [6.07, 6.45) is 5.01. The number of rotatable bonds is 4. The summed E-state index contributed by atoms with van der Waals surface area (Å²) >= 11 is 0. The van der Waals surface area contributed by atoms with Gasteiger partial charge in [-0.05, 0) is 50.1 Å². The van der Waals surface area contributed by atoms with E-state index in [2.05, 4.69) is 10.2 Å². The standard InChI is InChI=1S/C20H21F2N3/c1-13-17(21)9-14(10-23)19(18(13)22)24-15-3-5-16(6-4-15)25-11-20(12-25)7-2-8-20/h3-6,9-10,23-24H,2,7-8,11-12H2,1H3. The highest BCUT2D eigenvalue weighted by molar-refractivity contribution is 5.88. The minimum Gasteiger partial charge on any atom is -0.370 e. The third-order valence-electron chi connectivity index (χ3n) is 5.60. The molecule has 1 spiro atoms. The van der Waals surface area contributed by atoms with Crippen LogP contribution in [0.5, 0.6) is 0 Å². The van der Waals surface area contributed by atoms with E-state index in [0.29, 0.717) is 5.41 Å². The molecule has 0 atom stereocenters. The second kappa shape index (κ2) is 5.83. The minimum atomic E-state index is -0.655. The van der Waals surface area contributed by atoms with Crippen molar-refractivity contribution in [3.8, 4) is 0 Å². The molecule has 0 bridgehead atoms. The van der Waals surface area contributed by atoms with Gasteiger partial charge in [-0.25, -0.2) is 8.78 Å². The molecule has 2 aromatic carbocycles. The summed E-state index contributed by atoms with van der Waals surface area (Å²) < 4.78 is 28.0. The molecule has 1 saturated heterocycles. The predicted molar refractivity (Wildman–Crippen MR) is 97.2 cm³/mol. The molecule has 2 fully saturated rings. The molecule has 25 heavy (non-hydrogen) atoms. The normalized spacial score (nSPS) is 17.8. The predicted octanol–water partition coefficient (Wildman–Crippen LogP) is 5.00. The van der Waals surface area contributed by atoms with Gasteiger partial charge >= 0.3 is 0 Å². The number of anilines is 3. The molecular weight excluding hydrogens is 320 g/mol. The molecular formula is C20H21F2N3. The van der Waals surface area contributed by atoms with E-state index in [1.807, 2.05) is 24.3 Å². The quantitative estimate of drug-likeness (QED) is 0.768. The lowest BCUT2D eigenvalue weighted by molar-refractivity contribution is 0.0904. The van der Waals surface area contributed by atoms with Crippen LogP contribution in [0.3, 0.4) is 0 Å². The molecule has 1 saturated carbocycles. The molecule has 0 radical (unpaired) electrons. The van der Waals surface area contributed by atoms with Crippen molar-refractivity contribution in [1.29, 1.82) is 5.41 Å². The molecule has 2 N–H and O–H groups in total. The Morgan fingerprint density at radius 2 is 1.84 bits per heavy atom. The van der Waals surface area contributed by atoms with Crippen LogP contribution in [0.4, 0.5) is 25.8 Å². The first-order chi connectivity index (χ1) is 12.0. The summed E-state index contributed by atoms with van der Waals surface area (Å²) in [5.41, 5.74) is 2.75. The van der Waals surface area contributed by atoms with E-state index < -0.39 is 11.6 Å². The highest BCUT2D eigenvalue weighted by Gasteiger charge is 2.47. The monoisotopic (exact) mass is 341 g/mol. The second-order valence-corrected chi connectivity index (χ2v) is 7.29. The maximum atomic E-state index is 14.4. The van der Waals surface area contributed by atoms with E-state index in [1.165, 1.54) is 37.9 Å². The first kappa shape index (κ1) is 16.1. The van der Waals surface area contributed by atoms with Crippen LogP contribution < -0.4 is 10.2 Å². The Bertz CT molecular complexity index is 818. The molecule has 130 valence electrons. The van der Waals surface area contributed by atoms with Crippen LogP contribution in [0.25, 0.3) is 0 Å². The summed E-state index contributed by atoms with van der Waals surface area (Å²) in [5.74, 6) is -1.29. The molecule has 2 aromatic rings. The van der Waals surface area contributed by atoms with Gasteiger partial charge in [-0.15, -0.1) is 0 Å². The largest absolute Gasteiger partial charge is 0.370 e. The fourth-order valence-electron chi connectivity index (χ4n) is 3.82. The second-order valence-electron chi connectivity index (χ2n) is 7.29. The highest BCUT2D eigenvalue weighted by Crippen LogP contribution is 2.49. The maximum absolute atomic E-state index is 14.4. The number of nitrogens with zero attached hydrogens (tertiary/aromatic N) is 1. The molecule has 0 amide bonds. The molecule has 3 nitrogen and oxygen atoms in total. The van der Waals surface area contributed by atoms with Crippen molar-refractivity contribution in [2.45, 2.75) is 26.2 Å². The Kier molecular flexibility index (Phi) is 3.74. The van der Waals surface area contributed by atoms with Gasteiger partial charge in [0.25, 0.3) is 0 Å². The smallest absolute Gasteiger partial charge is 0.153 e. The zero-order valence-corrected chi connectivity index (χ0v) is 14.2. The van der Waals surface area contributed by atoms with Crippen LogP contribution in [-0.4, -0.2) is 19.3 Å². The lowest BCUT2D eigenvalue weighted by Gasteiger charge is -2.57. The van der Waals surface area contributed by atoms with E-state index in [-0.39, 0.29) is 16.8 Å². The Labute approximate surface area is 146 Å². The minimum absolute atomic E-state index is 0.0453. The van der Waals surface area contributed by atoms with Gasteiger partial charge in [-0.3, -0.25) is 0 Å². The van der Waals surface area contributed by atoms with E-state index in [1.54, 1.807) is 0 Å². The van der Waals surface area contributed by atoms with E-state index >= 15 is 0 Å². The molecule has 0 aromatic heterocycles. The van der Waals surface area contributed by atoms with Crippen molar-refractivity contribution >= 4 is 23.3 Å². The molecule has 4 rings (SSSR count).